The molecule has 0 fully saturated rings. The molecule has 0 aliphatic carbocycles. The van der Waals surface area contributed by atoms with Gasteiger partial charge in [-0.05, 0) is 43.0 Å². The SMILES string of the molecule is C=CCN[C@@H](Cc1ccccc1)C(=O)NC(=O)CNC(=O)[C@@H](C)NC(=O)[C@@H](N)Cc1ccc(O)cc1. The molecule has 0 unspecified atom stereocenters. The van der Waals surface area contributed by atoms with Crippen molar-refractivity contribution in [2.45, 2.75) is 37.9 Å². The minimum Gasteiger partial charge on any atom is -0.508 e. The van der Waals surface area contributed by atoms with Crippen molar-refractivity contribution in [3.63, 3.8) is 0 Å². The maximum absolute atomic E-state index is 12.6. The predicted octanol–water partition coefficient (Wildman–Crippen LogP) is -0.0874. The van der Waals surface area contributed by atoms with Crippen LogP contribution in [0.1, 0.15) is 18.1 Å². The summed E-state index contributed by atoms with van der Waals surface area (Å²) in [5.74, 6) is -2.25. The number of carbonyl (C=O) groups excluding carboxylic acids is 4. The van der Waals surface area contributed by atoms with E-state index in [0.29, 0.717) is 13.0 Å². The van der Waals surface area contributed by atoms with E-state index in [2.05, 4.69) is 27.8 Å². The third-order valence-corrected chi connectivity index (χ3v) is 5.27. The molecule has 7 N–H and O–H groups in total. The molecule has 0 radical (unpaired) electrons. The first kappa shape index (κ1) is 28.2. The molecule has 0 aromatic heterocycles. The van der Waals surface area contributed by atoms with Gasteiger partial charge in [-0.1, -0.05) is 48.5 Å². The van der Waals surface area contributed by atoms with Gasteiger partial charge in [0.2, 0.25) is 23.6 Å². The van der Waals surface area contributed by atoms with Gasteiger partial charge in [0, 0.05) is 6.54 Å². The van der Waals surface area contributed by atoms with Crippen molar-refractivity contribution in [1.29, 1.82) is 0 Å². The Hall–Kier alpha value is -4.02. The topological polar surface area (TPSA) is 163 Å². The average molecular weight is 496 g/mol. The Labute approximate surface area is 210 Å². The zero-order valence-electron chi connectivity index (χ0n) is 20.2. The lowest BCUT2D eigenvalue weighted by atomic mass is 10.1. The Kier molecular flexibility index (Phi) is 11.3. The monoisotopic (exact) mass is 495 g/mol. The number of nitrogens with two attached hydrogens (primary N) is 1. The Morgan fingerprint density at radius 2 is 1.58 bits per heavy atom. The highest BCUT2D eigenvalue weighted by atomic mass is 16.3. The zero-order valence-corrected chi connectivity index (χ0v) is 20.2. The van der Waals surface area contributed by atoms with Crippen LogP contribution >= 0.6 is 0 Å². The highest BCUT2D eigenvalue weighted by Crippen LogP contribution is 2.11. The van der Waals surface area contributed by atoms with E-state index in [-0.39, 0.29) is 12.2 Å². The Bertz CT molecular complexity index is 1040. The van der Waals surface area contributed by atoms with Crippen LogP contribution in [0, 0.1) is 0 Å². The number of benzene rings is 2. The van der Waals surface area contributed by atoms with E-state index in [9.17, 15) is 24.3 Å². The highest BCUT2D eigenvalue weighted by molar-refractivity contribution is 6.00. The van der Waals surface area contributed by atoms with Crippen molar-refractivity contribution in [1.82, 2.24) is 21.3 Å². The highest BCUT2D eigenvalue weighted by Gasteiger charge is 2.23. The second-order valence-corrected chi connectivity index (χ2v) is 8.28. The number of rotatable bonds is 13. The first-order valence-electron chi connectivity index (χ1n) is 11.5. The first-order chi connectivity index (χ1) is 17.2. The molecule has 2 aromatic carbocycles. The fourth-order valence-corrected chi connectivity index (χ4v) is 3.29. The number of carbonyl (C=O) groups is 4. The second kappa shape index (κ2) is 14.4. The number of hydrogen-bond donors (Lipinski definition) is 6. The molecule has 2 rings (SSSR count). The Balaban J connectivity index is 1.79. The summed E-state index contributed by atoms with van der Waals surface area (Å²) in [6, 6.07) is 13.1. The molecule has 2 aromatic rings. The lowest BCUT2D eigenvalue weighted by Gasteiger charge is -2.19. The van der Waals surface area contributed by atoms with Crippen molar-refractivity contribution in [3.8, 4) is 5.75 Å². The molecule has 10 nitrogen and oxygen atoms in total. The van der Waals surface area contributed by atoms with Gasteiger partial charge in [0.25, 0.3) is 0 Å². The molecule has 0 saturated heterocycles. The van der Waals surface area contributed by atoms with Crippen LogP contribution in [0.15, 0.2) is 67.3 Å². The molecule has 4 amide bonds. The smallest absolute Gasteiger partial charge is 0.245 e. The van der Waals surface area contributed by atoms with Crippen molar-refractivity contribution in [2.24, 2.45) is 5.73 Å². The van der Waals surface area contributed by atoms with Gasteiger partial charge in [0.05, 0.1) is 18.6 Å². The molecule has 192 valence electrons. The first-order valence-corrected chi connectivity index (χ1v) is 11.5. The quantitative estimate of drug-likeness (QED) is 0.212. The molecule has 0 aliphatic rings. The van der Waals surface area contributed by atoms with E-state index in [1.54, 1.807) is 18.2 Å². The van der Waals surface area contributed by atoms with Gasteiger partial charge in [-0.3, -0.25) is 24.5 Å². The van der Waals surface area contributed by atoms with Gasteiger partial charge in [-0.15, -0.1) is 6.58 Å². The number of amides is 4. The largest absolute Gasteiger partial charge is 0.508 e. The van der Waals surface area contributed by atoms with Crippen molar-refractivity contribution < 1.29 is 24.3 Å². The average Bonchev–Trinajstić information content (AvgIpc) is 2.86. The van der Waals surface area contributed by atoms with Crippen LogP contribution in [0.4, 0.5) is 0 Å². The third-order valence-electron chi connectivity index (χ3n) is 5.27. The fourth-order valence-electron chi connectivity index (χ4n) is 3.29. The standard InChI is InChI=1S/C26H33N5O5/c1-3-13-28-22(15-18-7-5-4-6-8-18)26(36)31-23(33)16-29-24(34)17(2)30-25(35)21(27)14-19-9-11-20(32)12-10-19/h3-12,17,21-22,28,32H,1,13-16,27H2,2H3,(H,29,34)(H,30,35)(H,31,33,36)/t17-,21+,22+/m1/s1. The molecule has 0 saturated carbocycles. The maximum atomic E-state index is 12.6. The summed E-state index contributed by atoms with van der Waals surface area (Å²) in [7, 11) is 0. The van der Waals surface area contributed by atoms with Crippen LogP contribution in [-0.2, 0) is 32.0 Å². The fraction of sp³-hybridized carbons (Fsp3) is 0.308. The zero-order chi connectivity index (χ0) is 26.5. The van der Waals surface area contributed by atoms with Crippen LogP contribution in [0.2, 0.25) is 0 Å². The van der Waals surface area contributed by atoms with E-state index >= 15 is 0 Å². The lowest BCUT2D eigenvalue weighted by molar-refractivity contribution is -0.133. The second-order valence-electron chi connectivity index (χ2n) is 8.28. The normalized spacial score (nSPS) is 13.1. The molecule has 36 heavy (non-hydrogen) atoms. The summed E-state index contributed by atoms with van der Waals surface area (Å²) in [6.45, 7) is 5.02. The molecular formula is C26H33N5O5. The molecule has 0 aliphatic heterocycles. The molecule has 0 heterocycles. The maximum Gasteiger partial charge on any atom is 0.245 e. The van der Waals surface area contributed by atoms with Crippen LogP contribution in [-0.4, -0.2) is 60.0 Å². The van der Waals surface area contributed by atoms with Gasteiger partial charge in [-0.25, -0.2) is 0 Å². The van der Waals surface area contributed by atoms with Gasteiger partial charge in [-0.2, -0.15) is 0 Å². The van der Waals surface area contributed by atoms with E-state index in [1.807, 2.05) is 30.3 Å². The van der Waals surface area contributed by atoms with E-state index in [1.165, 1.54) is 19.1 Å². The number of nitrogens with one attached hydrogen (secondary N) is 4. The van der Waals surface area contributed by atoms with Crippen LogP contribution < -0.4 is 27.0 Å². The predicted molar refractivity (Wildman–Crippen MR) is 136 cm³/mol. The summed E-state index contributed by atoms with van der Waals surface area (Å²) in [5, 5.41) is 19.5. The molecule has 0 bridgehead atoms. The number of aromatic hydroxyl groups is 1. The molecule has 0 spiro atoms. The molecule has 10 heteroatoms. The Morgan fingerprint density at radius 3 is 2.22 bits per heavy atom. The van der Waals surface area contributed by atoms with E-state index < -0.39 is 48.3 Å². The van der Waals surface area contributed by atoms with Gasteiger partial charge >= 0.3 is 0 Å². The van der Waals surface area contributed by atoms with Gasteiger partial charge in [0.1, 0.15) is 11.8 Å². The minimum atomic E-state index is -0.952. The van der Waals surface area contributed by atoms with Crippen molar-refractivity contribution >= 4 is 23.6 Å². The summed E-state index contributed by atoms with van der Waals surface area (Å²) in [6.07, 6.45) is 2.20. The molecular weight excluding hydrogens is 462 g/mol. The summed E-state index contributed by atoms with van der Waals surface area (Å²) >= 11 is 0. The van der Waals surface area contributed by atoms with Crippen molar-refractivity contribution in [2.75, 3.05) is 13.1 Å². The number of phenolic OH excluding ortho intramolecular Hbond substituents is 1. The van der Waals surface area contributed by atoms with Crippen LogP contribution in [0.25, 0.3) is 0 Å². The van der Waals surface area contributed by atoms with Gasteiger partial charge in [0.15, 0.2) is 0 Å². The lowest BCUT2D eigenvalue weighted by Crippen LogP contribution is -2.53. The summed E-state index contributed by atoms with van der Waals surface area (Å²) in [4.78, 5) is 49.5. The van der Waals surface area contributed by atoms with E-state index in [0.717, 1.165) is 11.1 Å². The van der Waals surface area contributed by atoms with Gasteiger partial charge < -0.3 is 26.8 Å². The summed E-state index contributed by atoms with van der Waals surface area (Å²) in [5.41, 5.74) is 7.58. The minimum absolute atomic E-state index is 0.104. The third kappa shape index (κ3) is 9.69. The van der Waals surface area contributed by atoms with Crippen molar-refractivity contribution in [3.05, 3.63) is 78.4 Å². The number of phenols is 1. The Morgan fingerprint density at radius 1 is 0.944 bits per heavy atom. The van der Waals surface area contributed by atoms with Crippen LogP contribution in [0.3, 0.4) is 0 Å². The van der Waals surface area contributed by atoms with Crippen LogP contribution in [0.5, 0.6) is 5.75 Å². The number of hydrogen-bond acceptors (Lipinski definition) is 7. The van der Waals surface area contributed by atoms with E-state index in [4.69, 9.17) is 5.73 Å². The molecule has 3 atom stereocenters. The summed E-state index contributed by atoms with van der Waals surface area (Å²) < 4.78 is 0. The number of imide groups is 1.